The summed E-state index contributed by atoms with van der Waals surface area (Å²) in [5.41, 5.74) is -0.775. The van der Waals surface area contributed by atoms with E-state index < -0.39 is 27.2 Å². The highest BCUT2D eigenvalue weighted by atomic mass is 32.2. The fraction of sp³-hybridized carbons (Fsp3) is 0.588. The van der Waals surface area contributed by atoms with Crippen LogP contribution in [0.5, 0.6) is 0 Å². The number of carbonyl (C=O) groups is 1. The number of hydrogen-bond donors (Lipinski definition) is 0. The molecule has 1 aliphatic rings. The molecule has 0 spiro atoms. The van der Waals surface area contributed by atoms with Crippen LogP contribution in [0.1, 0.15) is 34.1 Å². The van der Waals surface area contributed by atoms with Gasteiger partial charge in [0, 0.05) is 0 Å². The maximum atomic E-state index is 12.7. The molecule has 0 bridgehead atoms. The Hall–Kier alpha value is -1.40. The second-order valence-electron chi connectivity index (χ2n) is 6.88. The zero-order valence-corrected chi connectivity index (χ0v) is 15.0. The molecule has 23 heavy (non-hydrogen) atoms. The van der Waals surface area contributed by atoms with E-state index in [2.05, 4.69) is 13.8 Å². The summed E-state index contributed by atoms with van der Waals surface area (Å²) in [5, 5.41) is 0. The summed E-state index contributed by atoms with van der Waals surface area (Å²) in [7, 11) is -3.65. The second-order valence-corrected chi connectivity index (χ2v) is 8.87. The first-order valence-electron chi connectivity index (χ1n) is 7.87. The van der Waals surface area contributed by atoms with E-state index in [0.717, 1.165) is 6.42 Å². The van der Waals surface area contributed by atoms with Crippen molar-refractivity contribution in [2.24, 2.45) is 5.92 Å². The van der Waals surface area contributed by atoms with Crippen LogP contribution in [0.4, 0.5) is 0 Å². The topological polar surface area (TPSA) is 63.7 Å². The van der Waals surface area contributed by atoms with Crippen LogP contribution in [-0.4, -0.2) is 43.4 Å². The van der Waals surface area contributed by atoms with Gasteiger partial charge in [-0.3, -0.25) is 4.79 Å². The van der Waals surface area contributed by atoms with Gasteiger partial charge in [0.05, 0.1) is 17.5 Å². The third-order valence-electron chi connectivity index (χ3n) is 4.00. The van der Waals surface area contributed by atoms with E-state index in [9.17, 15) is 13.2 Å². The number of sulfone groups is 1. The van der Waals surface area contributed by atoms with Crippen LogP contribution < -0.4 is 0 Å². The van der Waals surface area contributed by atoms with Gasteiger partial charge in [-0.25, -0.2) is 8.42 Å². The van der Waals surface area contributed by atoms with Crippen LogP contribution in [0.15, 0.2) is 35.2 Å². The molecular formula is C17H25NO4S. The number of carbonyl (C=O) groups excluding carboxylic acids is 1. The Labute approximate surface area is 138 Å². The van der Waals surface area contributed by atoms with Crippen LogP contribution in [0.3, 0.4) is 0 Å². The van der Waals surface area contributed by atoms with Crippen LogP contribution >= 0.6 is 0 Å². The van der Waals surface area contributed by atoms with Crippen molar-refractivity contribution in [2.75, 3.05) is 12.4 Å². The molecule has 0 saturated carbocycles. The molecular weight excluding hydrogens is 314 g/mol. The van der Waals surface area contributed by atoms with Gasteiger partial charge in [0.1, 0.15) is 11.5 Å². The molecule has 1 atom stereocenters. The standard InChI is InChI=1S/C17H25NO4S/c1-13(2)10-14-11-22-17(3,4)18(14)16(19)12-23(20,21)15-8-6-5-7-9-15/h5-9,13-14H,10-12H2,1-4H3. The Morgan fingerprint density at radius 2 is 1.91 bits per heavy atom. The van der Waals surface area contributed by atoms with Crippen LogP contribution in [0, 0.1) is 5.92 Å². The first-order chi connectivity index (χ1) is 10.6. The molecule has 1 saturated heterocycles. The van der Waals surface area contributed by atoms with Crippen molar-refractivity contribution < 1.29 is 17.9 Å². The predicted molar refractivity (Wildman–Crippen MR) is 88.6 cm³/mol. The van der Waals surface area contributed by atoms with Gasteiger partial charge in [-0.15, -0.1) is 0 Å². The molecule has 2 rings (SSSR count). The van der Waals surface area contributed by atoms with Gasteiger partial charge >= 0.3 is 0 Å². The van der Waals surface area contributed by atoms with E-state index in [1.165, 1.54) is 12.1 Å². The first-order valence-corrected chi connectivity index (χ1v) is 9.52. The van der Waals surface area contributed by atoms with Crippen molar-refractivity contribution >= 4 is 15.7 Å². The zero-order chi connectivity index (χ0) is 17.3. The highest BCUT2D eigenvalue weighted by Gasteiger charge is 2.44. The molecule has 0 N–H and O–H groups in total. The Bertz CT molecular complexity index is 652. The summed E-state index contributed by atoms with van der Waals surface area (Å²) in [4.78, 5) is 14.5. The van der Waals surface area contributed by atoms with E-state index in [4.69, 9.17) is 4.74 Å². The highest BCUT2D eigenvalue weighted by Crippen LogP contribution is 2.31. The van der Waals surface area contributed by atoms with Gasteiger partial charge in [-0.05, 0) is 38.3 Å². The van der Waals surface area contributed by atoms with Gasteiger partial charge in [0.25, 0.3) is 0 Å². The van der Waals surface area contributed by atoms with Gasteiger partial charge in [0.2, 0.25) is 5.91 Å². The van der Waals surface area contributed by atoms with Gasteiger partial charge < -0.3 is 9.64 Å². The minimum atomic E-state index is -3.65. The monoisotopic (exact) mass is 339 g/mol. The third kappa shape index (κ3) is 4.12. The lowest BCUT2D eigenvalue weighted by molar-refractivity contribution is -0.143. The molecule has 1 heterocycles. The Morgan fingerprint density at radius 1 is 1.30 bits per heavy atom. The van der Waals surface area contributed by atoms with E-state index in [-0.39, 0.29) is 10.9 Å². The first kappa shape index (κ1) is 17.9. The molecule has 1 amide bonds. The van der Waals surface area contributed by atoms with Crippen LogP contribution in [0.2, 0.25) is 0 Å². The molecule has 128 valence electrons. The molecule has 1 aliphatic heterocycles. The molecule has 0 aromatic heterocycles. The maximum Gasteiger partial charge on any atom is 0.240 e. The minimum Gasteiger partial charge on any atom is -0.354 e. The average molecular weight is 339 g/mol. The van der Waals surface area contributed by atoms with E-state index in [1.54, 1.807) is 36.9 Å². The Morgan fingerprint density at radius 3 is 2.48 bits per heavy atom. The normalized spacial score (nSPS) is 20.9. The predicted octanol–water partition coefficient (Wildman–Crippen LogP) is 2.47. The van der Waals surface area contributed by atoms with Crippen molar-refractivity contribution in [3.63, 3.8) is 0 Å². The lowest BCUT2D eigenvalue weighted by Gasteiger charge is -2.34. The largest absolute Gasteiger partial charge is 0.354 e. The number of rotatable bonds is 5. The quantitative estimate of drug-likeness (QED) is 0.827. The summed E-state index contributed by atoms with van der Waals surface area (Å²) in [6.45, 7) is 8.21. The van der Waals surface area contributed by atoms with E-state index in [0.29, 0.717) is 12.5 Å². The number of benzene rings is 1. The molecule has 0 aliphatic carbocycles. The molecule has 1 aromatic carbocycles. The SMILES string of the molecule is CC(C)CC1COC(C)(C)N1C(=O)CS(=O)(=O)c1ccccc1. The summed E-state index contributed by atoms with van der Waals surface area (Å²) in [5.74, 6) is -0.529. The minimum absolute atomic E-state index is 0.0801. The fourth-order valence-corrected chi connectivity index (χ4v) is 4.25. The molecule has 6 heteroatoms. The molecule has 1 unspecified atom stereocenters. The lowest BCUT2D eigenvalue weighted by atomic mass is 10.0. The molecule has 1 fully saturated rings. The van der Waals surface area contributed by atoms with Crippen molar-refractivity contribution in [2.45, 2.75) is 50.8 Å². The Balaban J connectivity index is 2.20. The molecule has 1 aromatic rings. The summed E-state index contributed by atoms with van der Waals surface area (Å²) >= 11 is 0. The Kier molecular flexibility index (Phi) is 5.16. The van der Waals surface area contributed by atoms with Crippen molar-refractivity contribution in [3.05, 3.63) is 30.3 Å². The maximum absolute atomic E-state index is 12.7. The summed E-state index contributed by atoms with van der Waals surface area (Å²) in [6, 6.07) is 8.00. The van der Waals surface area contributed by atoms with Crippen LogP contribution in [-0.2, 0) is 19.4 Å². The van der Waals surface area contributed by atoms with Crippen molar-refractivity contribution in [1.29, 1.82) is 0 Å². The number of nitrogens with zero attached hydrogens (tertiary/aromatic N) is 1. The number of ether oxygens (including phenoxy) is 1. The third-order valence-corrected chi connectivity index (χ3v) is 5.62. The smallest absolute Gasteiger partial charge is 0.240 e. The summed E-state index contributed by atoms with van der Waals surface area (Å²) in [6.07, 6.45) is 0.792. The number of hydrogen-bond acceptors (Lipinski definition) is 4. The highest BCUT2D eigenvalue weighted by molar-refractivity contribution is 7.92. The lowest BCUT2D eigenvalue weighted by Crippen LogP contribution is -2.50. The number of amides is 1. The fourth-order valence-electron chi connectivity index (χ4n) is 3.05. The molecule has 0 radical (unpaired) electrons. The zero-order valence-electron chi connectivity index (χ0n) is 14.2. The average Bonchev–Trinajstić information content (AvgIpc) is 2.73. The van der Waals surface area contributed by atoms with Crippen molar-refractivity contribution in [1.82, 2.24) is 4.90 Å². The second kappa shape index (κ2) is 6.61. The van der Waals surface area contributed by atoms with Crippen LogP contribution in [0.25, 0.3) is 0 Å². The van der Waals surface area contributed by atoms with E-state index >= 15 is 0 Å². The summed E-state index contributed by atoms with van der Waals surface area (Å²) < 4.78 is 30.6. The molecule has 5 nitrogen and oxygen atoms in total. The van der Waals surface area contributed by atoms with Gasteiger partial charge in [0.15, 0.2) is 9.84 Å². The van der Waals surface area contributed by atoms with E-state index in [1.807, 2.05) is 0 Å². The van der Waals surface area contributed by atoms with Gasteiger partial charge in [-0.1, -0.05) is 32.0 Å². The van der Waals surface area contributed by atoms with Gasteiger partial charge in [-0.2, -0.15) is 0 Å². The van der Waals surface area contributed by atoms with Crippen molar-refractivity contribution in [3.8, 4) is 0 Å².